The van der Waals surface area contributed by atoms with Crippen LogP contribution in [-0.2, 0) is 4.79 Å². The van der Waals surface area contributed by atoms with Gasteiger partial charge in [0.2, 0.25) is 5.78 Å². The van der Waals surface area contributed by atoms with Gasteiger partial charge in [0.05, 0.1) is 23.0 Å². The predicted molar refractivity (Wildman–Crippen MR) is 118 cm³/mol. The van der Waals surface area contributed by atoms with Gasteiger partial charge in [0, 0.05) is 6.42 Å². The highest BCUT2D eigenvalue weighted by atomic mass is 32.2. The normalized spacial score (nSPS) is 16.3. The first-order valence-corrected chi connectivity index (χ1v) is 11.1. The molecule has 0 radical (unpaired) electrons. The Kier molecular flexibility index (Phi) is 4.39. The van der Waals surface area contributed by atoms with Crippen LogP contribution in [0, 0.1) is 6.92 Å². The average Bonchev–Trinajstić information content (AvgIpc) is 3.60. The van der Waals surface area contributed by atoms with Crippen molar-refractivity contribution in [3.63, 3.8) is 0 Å². The zero-order valence-electron chi connectivity index (χ0n) is 17.1. The largest absolute Gasteiger partial charge is 0.467 e. The number of H-pyrrole nitrogens is 1. The van der Waals surface area contributed by atoms with Crippen molar-refractivity contribution in [2.75, 3.05) is 5.75 Å². The summed E-state index contributed by atoms with van der Waals surface area (Å²) in [6.07, 6.45) is 2.13. The Hall–Kier alpha value is -3.79. The molecule has 0 spiro atoms. The first-order chi connectivity index (χ1) is 15.7. The Labute approximate surface area is 186 Å². The van der Waals surface area contributed by atoms with Gasteiger partial charge in [-0.1, -0.05) is 23.9 Å². The smallest absolute Gasteiger partial charge is 0.253 e. The summed E-state index contributed by atoms with van der Waals surface area (Å²) in [6, 6.07) is 14.9. The number of thioether (sulfide) groups is 1. The molecule has 5 aromatic rings. The highest BCUT2D eigenvalue weighted by molar-refractivity contribution is 7.99. The van der Waals surface area contributed by atoms with E-state index in [1.807, 2.05) is 59.9 Å². The maximum absolute atomic E-state index is 13.2. The molecule has 6 rings (SSSR count). The predicted octanol–water partition coefficient (Wildman–Crippen LogP) is 4.18. The van der Waals surface area contributed by atoms with E-state index in [1.165, 1.54) is 16.8 Å². The van der Waals surface area contributed by atoms with Crippen LogP contribution in [-0.4, -0.2) is 42.0 Å². The molecule has 0 fully saturated rings. The average molecular weight is 446 g/mol. The van der Waals surface area contributed by atoms with Gasteiger partial charge in [0.25, 0.3) is 5.91 Å². The van der Waals surface area contributed by atoms with Crippen molar-refractivity contribution in [3.8, 4) is 0 Å². The molecule has 0 bridgehead atoms. The lowest BCUT2D eigenvalue weighted by atomic mass is 10.1. The number of fused-ring (bicyclic) bond motifs is 3. The number of aromatic nitrogens is 4. The fourth-order valence-electron chi connectivity index (χ4n) is 3.91. The van der Waals surface area contributed by atoms with Crippen LogP contribution in [0.1, 0.15) is 29.7 Å². The van der Waals surface area contributed by atoms with Crippen LogP contribution in [0.4, 0.5) is 0 Å². The third-order valence-corrected chi connectivity index (χ3v) is 6.31. The topological polar surface area (TPSA) is 105 Å². The Morgan fingerprint density at radius 1 is 1.22 bits per heavy atom. The number of para-hydroxylation sites is 2. The molecule has 1 atom stereocenters. The van der Waals surface area contributed by atoms with E-state index in [0.29, 0.717) is 28.9 Å². The van der Waals surface area contributed by atoms with Gasteiger partial charge in [-0.3, -0.25) is 9.20 Å². The lowest BCUT2D eigenvalue weighted by Crippen LogP contribution is -2.28. The molecule has 0 saturated carbocycles. The van der Waals surface area contributed by atoms with E-state index in [4.69, 9.17) is 8.83 Å². The number of aryl methyl sites for hydroxylation is 1. The maximum atomic E-state index is 13.2. The Morgan fingerprint density at radius 3 is 2.94 bits per heavy atom. The van der Waals surface area contributed by atoms with Crippen LogP contribution in [0.2, 0.25) is 0 Å². The molecule has 4 aromatic heterocycles. The Balaban J connectivity index is 1.27. The molecular weight excluding hydrogens is 428 g/mol. The lowest BCUT2D eigenvalue weighted by molar-refractivity contribution is -0.130. The van der Waals surface area contributed by atoms with Gasteiger partial charge in [-0.25, -0.2) is 15.1 Å². The van der Waals surface area contributed by atoms with E-state index in [1.54, 1.807) is 6.26 Å². The van der Waals surface area contributed by atoms with Crippen LogP contribution in [0.3, 0.4) is 0 Å². The summed E-state index contributed by atoms with van der Waals surface area (Å²) in [4.78, 5) is 17.8. The Bertz CT molecular complexity index is 1460. The summed E-state index contributed by atoms with van der Waals surface area (Å²) in [5.41, 5.74) is 2.53. The molecule has 1 aromatic carbocycles. The minimum Gasteiger partial charge on any atom is -0.467 e. The SMILES string of the molecule is Cc1ccc(C2=NN(C(=O)CSc3n[nH]c4nc5ccccc5n34)[C@@H](c3ccco3)C2)o1. The van der Waals surface area contributed by atoms with E-state index in [2.05, 4.69) is 20.3 Å². The van der Waals surface area contributed by atoms with Gasteiger partial charge in [-0.15, -0.1) is 5.10 Å². The number of carbonyl (C=O) groups is 1. The molecule has 0 aliphatic carbocycles. The molecule has 0 unspecified atom stereocenters. The summed E-state index contributed by atoms with van der Waals surface area (Å²) < 4.78 is 13.2. The van der Waals surface area contributed by atoms with Gasteiger partial charge < -0.3 is 8.83 Å². The number of amides is 1. The molecule has 160 valence electrons. The maximum Gasteiger partial charge on any atom is 0.253 e. The number of hydrazone groups is 1. The highest BCUT2D eigenvalue weighted by Crippen LogP contribution is 2.34. The number of hydrogen-bond donors (Lipinski definition) is 1. The van der Waals surface area contributed by atoms with Crippen LogP contribution < -0.4 is 0 Å². The van der Waals surface area contributed by atoms with E-state index in [9.17, 15) is 4.79 Å². The molecule has 5 heterocycles. The monoisotopic (exact) mass is 446 g/mol. The van der Waals surface area contributed by atoms with Crippen molar-refractivity contribution >= 4 is 40.2 Å². The number of nitrogens with zero attached hydrogens (tertiary/aromatic N) is 5. The summed E-state index contributed by atoms with van der Waals surface area (Å²) in [5.74, 6) is 2.82. The second kappa shape index (κ2) is 7.41. The van der Waals surface area contributed by atoms with Crippen LogP contribution in [0.25, 0.3) is 16.8 Å². The number of benzene rings is 1. The van der Waals surface area contributed by atoms with Gasteiger partial charge in [0.15, 0.2) is 5.16 Å². The minimum absolute atomic E-state index is 0.143. The first-order valence-electron chi connectivity index (χ1n) is 10.1. The summed E-state index contributed by atoms with van der Waals surface area (Å²) in [7, 11) is 0. The number of carbonyl (C=O) groups excluding carboxylic acids is 1. The van der Waals surface area contributed by atoms with Crippen molar-refractivity contribution in [2.24, 2.45) is 5.10 Å². The Morgan fingerprint density at radius 2 is 2.12 bits per heavy atom. The van der Waals surface area contributed by atoms with Gasteiger partial charge in [0.1, 0.15) is 29.0 Å². The molecule has 0 saturated heterocycles. The molecule has 1 aliphatic rings. The number of nitrogens with one attached hydrogen (secondary N) is 1. The molecule has 10 heteroatoms. The summed E-state index contributed by atoms with van der Waals surface area (Å²) in [5, 5.41) is 14.0. The molecule has 1 amide bonds. The second-order valence-corrected chi connectivity index (χ2v) is 8.43. The van der Waals surface area contributed by atoms with Gasteiger partial charge in [-0.05, 0) is 43.3 Å². The van der Waals surface area contributed by atoms with Crippen molar-refractivity contribution < 1.29 is 13.6 Å². The lowest BCUT2D eigenvalue weighted by Gasteiger charge is -2.19. The summed E-state index contributed by atoms with van der Waals surface area (Å²) >= 11 is 1.34. The number of rotatable bonds is 5. The minimum atomic E-state index is -0.313. The van der Waals surface area contributed by atoms with Crippen molar-refractivity contribution in [3.05, 3.63) is 72.1 Å². The third-order valence-electron chi connectivity index (χ3n) is 5.39. The third kappa shape index (κ3) is 3.11. The fraction of sp³-hybridized carbons (Fsp3) is 0.182. The van der Waals surface area contributed by atoms with E-state index in [-0.39, 0.29) is 17.7 Å². The molecular formula is C22H18N6O3S. The molecule has 9 nitrogen and oxygen atoms in total. The molecule has 1 aliphatic heterocycles. The van der Waals surface area contributed by atoms with Crippen LogP contribution >= 0.6 is 11.8 Å². The van der Waals surface area contributed by atoms with Gasteiger partial charge in [-0.2, -0.15) is 5.10 Å². The zero-order valence-corrected chi connectivity index (χ0v) is 17.9. The van der Waals surface area contributed by atoms with Crippen molar-refractivity contribution in [2.45, 2.75) is 24.5 Å². The summed E-state index contributed by atoms with van der Waals surface area (Å²) in [6.45, 7) is 1.88. The number of hydrogen-bond acceptors (Lipinski definition) is 7. The molecule has 32 heavy (non-hydrogen) atoms. The zero-order chi connectivity index (χ0) is 21.7. The fourth-order valence-corrected chi connectivity index (χ4v) is 4.72. The van der Waals surface area contributed by atoms with Crippen molar-refractivity contribution in [1.82, 2.24) is 24.6 Å². The first kappa shape index (κ1) is 18.9. The standard InChI is InChI=1S/C22H18N6O3S/c1-13-8-9-18(31-13)15-11-17(19-7-4-10-30-19)28(26-15)20(29)12-32-22-25-24-21-23-14-5-2-3-6-16(14)27(21)22/h2-10,17H,11-12H2,1H3,(H,23,24)/t17-/m1/s1. The highest BCUT2D eigenvalue weighted by Gasteiger charge is 2.36. The number of aromatic amines is 1. The van der Waals surface area contributed by atoms with E-state index >= 15 is 0 Å². The number of imidazole rings is 1. The van der Waals surface area contributed by atoms with Crippen LogP contribution in [0.15, 0.2) is 73.9 Å². The van der Waals surface area contributed by atoms with Crippen LogP contribution in [0.5, 0.6) is 0 Å². The molecule has 1 N–H and O–H groups in total. The van der Waals surface area contributed by atoms with Crippen molar-refractivity contribution in [1.29, 1.82) is 0 Å². The second-order valence-electron chi connectivity index (χ2n) is 7.49. The van der Waals surface area contributed by atoms with E-state index < -0.39 is 0 Å². The quantitative estimate of drug-likeness (QED) is 0.406. The van der Waals surface area contributed by atoms with Gasteiger partial charge >= 0.3 is 0 Å². The van der Waals surface area contributed by atoms with E-state index in [0.717, 1.165) is 22.5 Å². The number of furan rings is 2.